The van der Waals surface area contributed by atoms with Crippen molar-refractivity contribution in [3.05, 3.63) is 61.6 Å². The minimum absolute atomic E-state index is 0.0555. The second-order valence-corrected chi connectivity index (χ2v) is 4.87. The van der Waals surface area contributed by atoms with Crippen molar-refractivity contribution in [1.29, 1.82) is 0 Å². The molecule has 0 aliphatic rings. The first kappa shape index (κ1) is 16.1. The summed E-state index contributed by atoms with van der Waals surface area (Å²) < 4.78 is 5.50. The molecular formula is C14H14N4O5. The Morgan fingerprint density at radius 1 is 1.17 bits per heavy atom. The van der Waals surface area contributed by atoms with Gasteiger partial charge in [0, 0.05) is 6.07 Å². The summed E-state index contributed by atoms with van der Waals surface area (Å²) in [6.07, 6.45) is 0. The highest BCUT2D eigenvalue weighted by Gasteiger charge is 2.19. The van der Waals surface area contributed by atoms with Gasteiger partial charge in [-0.25, -0.2) is 0 Å². The molecule has 0 unspecified atom stereocenters. The first-order chi connectivity index (χ1) is 10.8. The third-order valence-corrected chi connectivity index (χ3v) is 3.26. The summed E-state index contributed by atoms with van der Waals surface area (Å²) in [5.74, 6) is 1.30. The molecule has 0 aliphatic heterocycles. The molecule has 2 rings (SSSR count). The van der Waals surface area contributed by atoms with Crippen molar-refractivity contribution in [2.75, 3.05) is 5.43 Å². The number of hydrogen-bond donors (Lipinski definition) is 1. The number of nitro groups is 2. The van der Waals surface area contributed by atoms with Crippen molar-refractivity contribution < 1.29 is 14.3 Å². The van der Waals surface area contributed by atoms with Gasteiger partial charge in [-0.15, -0.1) is 0 Å². The number of aryl methyl sites for hydroxylation is 2. The van der Waals surface area contributed by atoms with Crippen LogP contribution in [0.1, 0.15) is 24.0 Å². The number of rotatable bonds is 5. The minimum atomic E-state index is -0.707. The fraction of sp³-hybridized carbons (Fsp3) is 0.214. The summed E-state index contributed by atoms with van der Waals surface area (Å²) in [6.45, 7) is 5.40. The largest absolute Gasteiger partial charge is 0.460 e. The first-order valence-corrected chi connectivity index (χ1v) is 6.60. The van der Waals surface area contributed by atoms with Crippen LogP contribution in [-0.2, 0) is 0 Å². The lowest BCUT2D eigenvalue weighted by atomic mass is 10.2. The average Bonchev–Trinajstić information content (AvgIpc) is 2.84. The molecule has 0 spiro atoms. The van der Waals surface area contributed by atoms with Crippen molar-refractivity contribution in [1.82, 2.24) is 0 Å². The molecule has 1 aromatic carbocycles. The minimum Gasteiger partial charge on any atom is -0.460 e. The standard InChI is InChI=1S/C14H14N4O5/c1-8-6-14(23-10(8)3)9(2)15-16-12-5-4-11(17(19)20)7-13(12)18(21)22/h4-7,16H,1-3H3/b15-9+. The van der Waals surface area contributed by atoms with Gasteiger partial charge in [-0.1, -0.05) is 0 Å². The van der Waals surface area contributed by atoms with Crippen LogP contribution in [0.5, 0.6) is 0 Å². The Balaban J connectivity index is 2.30. The molecule has 0 atom stereocenters. The number of nitro benzene ring substituents is 2. The van der Waals surface area contributed by atoms with Crippen LogP contribution in [0.2, 0.25) is 0 Å². The fourth-order valence-electron chi connectivity index (χ4n) is 1.83. The Bertz CT molecular complexity index is 790. The van der Waals surface area contributed by atoms with E-state index in [1.165, 1.54) is 12.1 Å². The van der Waals surface area contributed by atoms with E-state index in [2.05, 4.69) is 10.5 Å². The summed E-state index contributed by atoms with van der Waals surface area (Å²) in [4.78, 5) is 20.3. The van der Waals surface area contributed by atoms with Gasteiger partial charge < -0.3 is 4.42 Å². The zero-order valence-electron chi connectivity index (χ0n) is 12.7. The SMILES string of the molecule is C/C(=N\Nc1ccc([N+](=O)[O-])cc1[N+](=O)[O-])c1cc(C)c(C)o1. The fourth-order valence-corrected chi connectivity index (χ4v) is 1.83. The van der Waals surface area contributed by atoms with Crippen LogP contribution in [0, 0.1) is 34.1 Å². The molecule has 1 aromatic heterocycles. The maximum Gasteiger partial charge on any atom is 0.301 e. The Labute approximate surface area is 130 Å². The highest BCUT2D eigenvalue weighted by atomic mass is 16.6. The van der Waals surface area contributed by atoms with E-state index < -0.39 is 15.5 Å². The van der Waals surface area contributed by atoms with Crippen molar-refractivity contribution in [2.24, 2.45) is 5.10 Å². The van der Waals surface area contributed by atoms with E-state index in [0.717, 1.165) is 17.4 Å². The quantitative estimate of drug-likeness (QED) is 0.510. The molecule has 0 aliphatic carbocycles. The molecule has 0 bridgehead atoms. The summed E-state index contributed by atoms with van der Waals surface area (Å²) >= 11 is 0. The third kappa shape index (κ3) is 3.51. The smallest absolute Gasteiger partial charge is 0.301 e. The topological polar surface area (TPSA) is 124 Å². The molecule has 120 valence electrons. The number of nitrogens with zero attached hydrogens (tertiary/aromatic N) is 3. The van der Waals surface area contributed by atoms with Gasteiger partial charge in [-0.3, -0.25) is 25.7 Å². The van der Waals surface area contributed by atoms with E-state index in [1.54, 1.807) is 13.0 Å². The van der Waals surface area contributed by atoms with Crippen molar-refractivity contribution >= 4 is 22.8 Å². The molecule has 23 heavy (non-hydrogen) atoms. The van der Waals surface area contributed by atoms with E-state index in [1.807, 2.05) is 13.8 Å². The molecule has 0 radical (unpaired) electrons. The van der Waals surface area contributed by atoms with Crippen molar-refractivity contribution in [3.63, 3.8) is 0 Å². The predicted molar refractivity (Wildman–Crippen MR) is 83.8 cm³/mol. The van der Waals surface area contributed by atoms with E-state index in [4.69, 9.17) is 4.42 Å². The number of furan rings is 1. The highest BCUT2D eigenvalue weighted by Crippen LogP contribution is 2.29. The van der Waals surface area contributed by atoms with Crippen LogP contribution in [0.4, 0.5) is 17.1 Å². The maximum atomic E-state index is 11.0. The summed E-state index contributed by atoms with van der Waals surface area (Å²) in [7, 11) is 0. The lowest BCUT2D eigenvalue weighted by Gasteiger charge is -2.03. The molecule has 1 N–H and O–H groups in total. The molecule has 0 amide bonds. The van der Waals surface area contributed by atoms with Crippen molar-refractivity contribution in [3.8, 4) is 0 Å². The molecule has 1 heterocycles. The molecule has 9 heteroatoms. The Morgan fingerprint density at radius 2 is 1.87 bits per heavy atom. The normalized spacial score (nSPS) is 11.3. The third-order valence-electron chi connectivity index (χ3n) is 3.26. The molecule has 0 saturated carbocycles. The summed E-state index contributed by atoms with van der Waals surface area (Å²) in [5, 5.41) is 25.8. The predicted octanol–water partition coefficient (Wildman–Crippen LogP) is 3.55. The zero-order valence-corrected chi connectivity index (χ0v) is 12.7. The van der Waals surface area contributed by atoms with Crippen LogP contribution < -0.4 is 5.43 Å². The van der Waals surface area contributed by atoms with Crippen LogP contribution in [0.25, 0.3) is 0 Å². The number of benzene rings is 1. The molecule has 9 nitrogen and oxygen atoms in total. The van der Waals surface area contributed by atoms with Gasteiger partial charge in [0.05, 0.1) is 15.9 Å². The van der Waals surface area contributed by atoms with Crippen LogP contribution in [-0.4, -0.2) is 15.6 Å². The molecule has 0 saturated heterocycles. The Hall–Kier alpha value is -3.23. The molecule has 0 fully saturated rings. The van der Waals surface area contributed by atoms with Gasteiger partial charge in [-0.2, -0.15) is 5.10 Å². The number of hydrogen-bond acceptors (Lipinski definition) is 7. The van der Waals surface area contributed by atoms with E-state index in [9.17, 15) is 20.2 Å². The zero-order chi connectivity index (χ0) is 17.1. The van der Waals surface area contributed by atoms with Crippen molar-refractivity contribution in [2.45, 2.75) is 20.8 Å². The van der Waals surface area contributed by atoms with Gasteiger partial charge in [0.1, 0.15) is 22.9 Å². The Kier molecular flexibility index (Phi) is 4.39. The maximum absolute atomic E-state index is 11.0. The van der Waals surface area contributed by atoms with Gasteiger partial charge >= 0.3 is 5.69 Å². The van der Waals surface area contributed by atoms with Gasteiger partial charge in [0.2, 0.25) is 0 Å². The van der Waals surface area contributed by atoms with E-state index in [0.29, 0.717) is 11.5 Å². The lowest BCUT2D eigenvalue weighted by molar-refractivity contribution is -0.393. The van der Waals surface area contributed by atoms with Gasteiger partial charge in [-0.05, 0) is 38.5 Å². The average molecular weight is 318 g/mol. The van der Waals surface area contributed by atoms with Gasteiger partial charge in [0.15, 0.2) is 0 Å². The van der Waals surface area contributed by atoms with Crippen LogP contribution >= 0.6 is 0 Å². The molecule has 2 aromatic rings. The number of hydrazone groups is 1. The number of nitrogens with one attached hydrogen (secondary N) is 1. The van der Waals surface area contributed by atoms with Crippen LogP contribution in [0.3, 0.4) is 0 Å². The van der Waals surface area contributed by atoms with E-state index >= 15 is 0 Å². The first-order valence-electron chi connectivity index (χ1n) is 6.60. The second-order valence-electron chi connectivity index (χ2n) is 4.87. The second kappa shape index (κ2) is 6.26. The number of anilines is 1. The van der Waals surface area contributed by atoms with E-state index in [-0.39, 0.29) is 11.4 Å². The number of non-ortho nitro benzene ring substituents is 1. The lowest BCUT2D eigenvalue weighted by Crippen LogP contribution is -2.01. The monoisotopic (exact) mass is 318 g/mol. The van der Waals surface area contributed by atoms with Crippen LogP contribution in [0.15, 0.2) is 33.8 Å². The Morgan fingerprint density at radius 3 is 2.39 bits per heavy atom. The molecular weight excluding hydrogens is 304 g/mol. The van der Waals surface area contributed by atoms with Gasteiger partial charge in [0.25, 0.3) is 5.69 Å². The summed E-state index contributed by atoms with van der Waals surface area (Å²) in [5.41, 5.74) is 3.28. The summed E-state index contributed by atoms with van der Waals surface area (Å²) in [6, 6.07) is 5.10. The highest BCUT2D eigenvalue weighted by molar-refractivity contribution is 5.97.